The van der Waals surface area contributed by atoms with Crippen molar-refractivity contribution in [3.63, 3.8) is 0 Å². The van der Waals surface area contributed by atoms with Crippen LogP contribution in [0.2, 0.25) is 5.02 Å². The van der Waals surface area contributed by atoms with E-state index in [9.17, 15) is 4.79 Å². The van der Waals surface area contributed by atoms with E-state index in [1.54, 1.807) is 24.3 Å². The zero-order valence-electron chi connectivity index (χ0n) is 12.2. The Kier molecular flexibility index (Phi) is 4.55. The molecule has 0 bridgehead atoms. The van der Waals surface area contributed by atoms with E-state index in [2.05, 4.69) is 20.8 Å². The molecule has 5 nitrogen and oxygen atoms in total. The SMILES string of the molecule is CNc1ccc(-c2nnc(NC(=O)c3ccc(Cl)cc3)s2)cc1. The van der Waals surface area contributed by atoms with Crippen LogP contribution in [-0.2, 0) is 0 Å². The Bertz CT molecular complexity index is 815. The van der Waals surface area contributed by atoms with Crippen LogP contribution in [-0.4, -0.2) is 23.2 Å². The molecular formula is C16H13ClN4OS. The number of halogens is 1. The molecule has 0 aliphatic heterocycles. The molecule has 2 N–H and O–H groups in total. The number of rotatable bonds is 4. The van der Waals surface area contributed by atoms with Crippen molar-refractivity contribution in [2.75, 3.05) is 17.7 Å². The Balaban J connectivity index is 1.73. The number of anilines is 2. The fraction of sp³-hybridized carbons (Fsp3) is 0.0625. The number of nitrogens with one attached hydrogen (secondary N) is 2. The average molecular weight is 345 g/mol. The van der Waals surface area contributed by atoms with Crippen molar-refractivity contribution in [2.24, 2.45) is 0 Å². The lowest BCUT2D eigenvalue weighted by Crippen LogP contribution is -2.11. The lowest BCUT2D eigenvalue weighted by molar-refractivity contribution is 0.102. The summed E-state index contributed by atoms with van der Waals surface area (Å²) in [6.07, 6.45) is 0. The summed E-state index contributed by atoms with van der Waals surface area (Å²) in [5.41, 5.74) is 2.49. The molecular weight excluding hydrogens is 332 g/mol. The summed E-state index contributed by atoms with van der Waals surface area (Å²) < 4.78 is 0. The summed E-state index contributed by atoms with van der Waals surface area (Å²) in [7, 11) is 1.87. The highest BCUT2D eigenvalue weighted by molar-refractivity contribution is 7.18. The van der Waals surface area contributed by atoms with E-state index in [-0.39, 0.29) is 5.91 Å². The fourth-order valence-corrected chi connectivity index (χ4v) is 2.81. The van der Waals surface area contributed by atoms with Crippen LogP contribution >= 0.6 is 22.9 Å². The van der Waals surface area contributed by atoms with Gasteiger partial charge in [-0.15, -0.1) is 10.2 Å². The molecule has 0 atom stereocenters. The van der Waals surface area contributed by atoms with E-state index < -0.39 is 0 Å². The predicted molar refractivity (Wildman–Crippen MR) is 94.3 cm³/mol. The molecule has 116 valence electrons. The van der Waals surface area contributed by atoms with Gasteiger partial charge in [0, 0.05) is 28.9 Å². The Morgan fingerprint density at radius 3 is 2.39 bits per heavy atom. The van der Waals surface area contributed by atoms with Gasteiger partial charge in [-0.25, -0.2) is 0 Å². The molecule has 0 radical (unpaired) electrons. The van der Waals surface area contributed by atoms with Crippen molar-refractivity contribution in [3.05, 3.63) is 59.1 Å². The third-order valence-corrected chi connectivity index (χ3v) is 4.31. The van der Waals surface area contributed by atoms with Gasteiger partial charge in [0.15, 0.2) is 0 Å². The monoisotopic (exact) mass is 344 g/mol. The van der Waals surface area contributed by atoms with Crippen LogP contribution in [0.5, 0.6) is 0 Å². The molecule has 0 aliphatic carbocycles. The maximum absolute atomic E-state index is 12.1. The second-order valence-electron chi connectivity index (χ2n) is 4.70. The summed E-state index contributed by atoms with van der Waals surface area (Å²) in [5, 5.41) is 15.7. The van der Waals surface area contributed by atoms with Crippen molar-refractivity contribution in [1.82, 2.24) is 10.2 Å². The second kappa shape index (κ2) is 6.76. The number of aromatic nitrogens is 2. The molecule has 0 saturated heterocycles. The molecule has 0 unspecified atom stereocenters. The first-order valence-electron chi connectivity index (χ1n) is 6.84. The molecule has 0 fully saturated rings. The summed E-state index contributed by atoms with van der Waals surface area (Å²) >= 11 is 7.14. The first-order chi connectivity index (χ1) is 11.2. The lowest BCUT2D eigenvalue weighted by Gasteiger charge is -2.01. The van der Waals surface area contributed by atoms with Gasteiger partial charge in [-0.05, 0) is 48.5 Å². The van der Waals surface area contributed by atoms with Gasteiger partial charge in [0.1, 0.15) is 5.01 Å². The van der Waals surface area contributed by atoms with Crippen LogP contribution in [0.1, 0.15) is 10.4 Å². The smallest absolute Gasteiger partial charge is 0.257 e. The molecule has 3 rings (SSSR count). The van der Waals surface area contributed by atoms with Crippen LogP contribution in [0.15, 0.2) is 48.5 Å². The number of carbonyl (C=O) groups is 1. The van der Waals surface area contributed by atoms with Crippen LogP contribution in [0.3, 0.4) is 0 Å². The summed E-state index contributed by atoms with van der Waals surface area (Å²) in [6.45, 7) is 0. The lowest BCUT2D eigenvalue weighted by atomic mass is 10.2. The molecule has 1 heterocycles. The largest absolute Gasteiger partial charge is 0.388 e. The minimum absolute atomic E-state index is 0.241. The topological polar surface area (TPSA) is 66.9 Å². The maximum atomic E-state index is 12.1. The number of nitrogens with zero attached hydrogens (tertiary/aromatic N) is 2. The molecule has 7 heteroatoms. The number of carbonyl (C=O) groups excluding carboxylic acids is 1. The van der Waals surface area contributed by atoms with E-state index in [0.717, 1.165) is 16.3 Å². The van der Waals surface area contributed by atoms with Crippen molar-refractivity contribution in [3.8, 4) is 10.6 Å². The van der Waals surface area contributed by atoms with Crippen LogP contribution in [0.25, 0.3) is 10.6 Å². The van der Waals surface area contributed by atoms with Crippen LogP contribution in [0.4, 0.5) is 10.8 Å². The third-order valence-electron chi connectivity index (χ3n) is 3.17. The average Bonchev–Trinajstić information content (AvgIpc) is 3.04. The molecule has 1 aromatic heterocycles. The first kappa shape index (κ1) is 15.5. The van der Waals surface area contributed by atoms with Gasteiger partial charge in [-0.2, -0.15) is 0 Å². The van der Waals surface area contributed by atoms with Gasteiger partial charge in [0.25, 0.3) is 5.91 Å². The molecule has 0 aliphatic rings. The quantitative estimate of drug-likeness (QED) is 0.746. The normalized spacial score (nSPS) is 10.3. The second-order valence-corrected chi connectivity index (χ2v) is 6.11. The van der Waals surface area contributed by atoms with Gasteiger partial charge in [-0.3, -0.25) is 10.1 Å². The molecule has 23 heavy (non-hydrogen) atoms. The number of amides is 1. The third kappa shape index (κ3) is 3.67. The Morgan fingerprint density at radius 1 is 1.04 bits per heavy atom. The predicted octanol–water partition coefficient (Wildman–Crippen LogP) is 4.15. The highest BCUT2D eigenvalue weighted by Gasteiger charge is 2.11. The Hall–Kier alpha value is -2.44. The van der Waals surface area contributed by atoms with Crippen LogP contribution < -0.4 is 10.6 Å². The van der Waals surface area contributed by atoms with Gasteiger partial charge >= 0.3 is 0 Å². The zero-order chi connectivity index (χ0) is 16.2. The summed E-state index contributed by atoms with van der Waals surface area (Å²) in [6, 6.07) is 14.5. The number of hydrogen-bond donors (Lipinski definition) is 2. The van der Waals surface area contributed by atoms with Crippen molar-refractivity contribution >= 4 is 39.7 Å². The summed E-state index contributed by atoms with van der Waals surface area (Å²) in [5.74, 6) is -0.241. The van der Waals surface area contributed by atoms with Crippen LogP contribution in [0, 0.1) is 0 Å². The molecule has 0 spiro atoms. The van der Waals surface area contributed by atoms with E-state index in [0.29, 0.717) is 15.7 Å². The Morgan fingerprint density at radius 2 is 1.74 bits per heavy atom. The standard InChI is InChI=1S/C16H13ClN4OS/c1-18-13-8-4-11(5-9-13)15-20-21-16(23-15)19-14(22)10-2-6-12(17)7-3-10/h2-9,18H,1H3,(H,19,21,22). The highest BCUT2D eigenvalue weighted by Crippen LogP contribution is 2.27. The number of hydrogen-bond acceptors (Lipinski definition) is 5. The zero-order valence-corrected chi connectivity index (χ0v) is 13.8. The van der Waals surface area contributed by atoms with Gasteiger partial charge in [0.05, 0.1) is 0 Å². The maximum Gasteiger partial charge on any atom is 0.257 e. The molecule has 3 aromatic rings. The minimum atomic E-state index is -0.241. The number of benzene rings is 2. The van der Waals surface area contributed by atoms with E-state index >= 15 is 0 Å². The molecule has 2 aromatic carbocycles. The van der Waals surface area contributed by atoms with Crippen molar-refractivity contribution < 1.29 is 4.79 Å². The van der Waals surface area contributed by atoms with Gasteiger partial charge in [0.2, 0.25) is 5.13 Å². The fourth-order valence-electron chi connectivity index (χ4n) is 1.94. The van der Waals surface area contributed by atoms with Gasteiger partial charge in [-0.1, -0.05) is 22.9 Å². The van der Waals surface area contributed by atoms with Crippen molar-refractivity contribution in [1.29, 1.82) is 0 Å². The molecule has 0 saturated carbocycles. The van der Waals surface area contributed by atoms with E-state index in [1.807, 2.05) is 31.3 Å². The highest BCUT2D eigenvalue weighted by atomic mass is 35.5. The van der Waals surface area contributed by atoms with E-state index in [4.69, 9.17) is 11.6 Å². The summed E-state index contributed by atoms with van der Waals surface area (Å²) in [4.78, 5) is 12.1. The minimum Gasteiger partial charge on any atom is -0.388 e. The van der Waals surface area contributed by atoms with Crippen molar-refractivity contribution in [2.45, 2.75) is 0 Å². The Labute approximate surface area is 142 Å². The van der Waals surface area contributed by atoms with E-state index in [1.165, 1.54) is 11.3 Å². The molecule has 1 amide bonds. The van der Waals surface area contributed by atoms with Gasteiger partial charge < -0.3 is 5.32 Å². The first-order valence-corrected chi connectivity index (χ1v) is 8.04.